The molecular formula is C52H34N4. The smallest absolute Gasteiger partial charge is 0.160 e. The largest absolute Gasteiger partial charge is 0.309 e. The van der Waals surface area contributed by atoms with Gasteiger partial charge in [0.1, 0.15) is 0 Å². The van der Waals surface area contributed by atoms with Gasteiger partial charge >= 0.3 is 0 Å². The lowest BCUT2D eigenvalue weighted by atomic mass is 9.67. The van der Waals surface area contributed by atoms with Crippen molar-refractivity contribution < 1.29 is 0 Å². The summed E-state index contributed by atoms with van der Waals surface area (Å²) < 4.78 is 2.36. The van der Waals surface area contributed by atoms with Crippen LogP contribution in [0.5, 0.6) is 0 Å². The maximum atomic E-state index is 5.67. The molecule has 4 heteroatoms. The number of fused-ring (bicyclic) bond motifs is 6. The maximum absolute atomic E-state index is 5.67. The van der Waals surface area contributed by atoms with E-state index in [0.29, 0.717) is 5.82 Å². The van der Waals surface area contributed by atoms with Crippen molar-refractivity contribution in [1.82, 2.24) is 19.5 Å². The maximum Gasteiger partial charge on any atom is 0.160 e. The van der Waals surface area contributed by atoms with Crippen molar-refractivity contribution in [2.24, 2.45) is 0 Å². The summed E-state index contributed by atoms with van der Waals surface area (Å²) in [4.78, 5) is 15.6. The van der Waals surface area contributed by atoms with Gasteiger partial charge in [0.15, 0.2) is 5.82 Å². The number of rotatable bonds is 6. The fourth-order valence-corrected chi connectivity index (χ4v) is 8.99. The van der Waals surface area contributed by atoms with Gasteiger partial charge in [-0.2, -0.15) is 0 Å². The molecule has 0 unspecified atom stereocenters. The van der Waals surface area contributed by atoms with E-state index in [1.165, 1.54) is 33.0 Å². The summed E-state index contributed by atoms with van der Waals surface area (Å²) in [5, 5.41) is 2.37. The minimum atomic E-state index is -0.674. The Labute approximate surface area is 325 Å². The molecule has 10 aromatic rings. The number of hydrogen-bond donors (Lipinski definition) is 0. The third kappa shape index (κ3) is 4.83. The number of para-hydroxylation sites is 2. The minimum Gasteiger partial charge on any atom is -0.309 e. The molecule has 3 aromatic heterocycles. The van der Waals surface area contributed by atoms with Crippen LogP contribution < -0.4 is 0 Å². The van der Waals surface area contributed by atoms with Crippen LogP contribution in [0.3, 0.4) is 0 Å². The Morgan fingerprint density at radius 3 is 1.84 bits per heavy atom. The van der Waals surface area contributed by atoms with E-state index < -0.39 is 5.41 Å². The van der Waals surface area contributed by atoms with E-state index in [4.69, 9.17) is 9.97 Å². The van der Waals surface area contributed by atoms with E-state index in [2.05, 4.69) is 198 Å². The van der Waals surface area contributed by atoms with Crippen LogP contribution in [0.15, 0.2) is 207 Å². The van der Waals surface area contributed by atoms with Crippen LogP contribution in [0.25, 0.3) is 72.5 Å². The average Bonchev–Trinajstić information content (AvgIpc) is 3.78. The second kappa shape index (κ2) is 12.9. The molecule has 0 atom stereocenters. The van der Waals surface area contributed by atoms with Crippen LogP contribution >= 0.6 is 0 Å². The predicted octanol–water partition coefficient (Wildman–Crippen LogP) is 12.3. The molecule has 0 spiro atoms. The van der Waals surface area contributed by atoms with E-state index in [1.54, 1.807) is 6.20 Å². The predicted molar refractivity (Wildman–Crippen MR) is 228 cm³/mol. The topological polar surface area (TPSA) is 43.6 Å². The van der Waals surface area contributed by atoms with Gasteiger partial charge in [0.05, 0.1) is 27.8 Å². The molecule has 3 heterocycles. The number of aromatic nitrogens is 4. The van der Waals surface area contributed by atoms with Crippen molar-refractivity contribution in [3.63, 3.8) is 0 Å². The zero-order valence-corrected chi connectivity index (χ0v) is 30.4. The van der Waals surface area contributed by atoms with Gasteiger partial charge in [-0.05, 0) is 64.7 Å². The fraction of sp³-hybridized carbons (Fsp3) is 0.0192. The Balaban J connectivity index is 1.26. The third-order valence-corrected chi connectivity index (χ3v) is 11.4. The van der Waals surface area contributed by atoms with E-state index in [1.807, 2.05) is 12.3 Å². The van der Waals surface area contributed by atoms with Crippen molar-refractivity contribution in [1.29, 1.82) is 0 Å². The highest BCUT2D eigenvalue weighted by Crippen LogP contribution is 2.58. The van der Waals surface area contributed by atoms with Crippen molar-refractivity contribution in [3.8, 4) is 50.7 Å². The summed E-state index contributed by atoms with van der Waals surface area (Å²) in [5.41, 5.74) is 14.5. The summed E-state index contributed by atoms with van der Waals surface area (Å²) in [6.07, 6.45) is 3.71. The summed E-state index contributed by atoms with van der Waals surface area (Å²) in [6.45, 7) is 0. The Hall–Kier alpha value is -7.43. The van der Waals surface area contributed by atoms with E-state index >= 15 is 0 Å². The first-order valence-electron chi connectivity index (χ1n) is 19.0. The Morgan fingerprint density at radius 1 is 0.429 bits per heavy atom. The summed E-state index contributed by atoms with van der Waals surface area (Å²) in [7, 11) is 0. The van der Waals surface area contributed by atoms with Crippen molar-refractivity contribution in [2.45, 2.75) is 5.41 Å². The first kappa shape index (κ1) is 32.0. The number of nitrogens with zero attached hydrogens (tertiary/aromatic N) is 4. The number of hydrogen-bond acceptors (Lipinski definition) is 3. The molecule has 4 nitrogen and oxygen atoms in total. The highest BCUT2D eigenvalue weighted by Gasteiger charge is 2.49. The van der Waals surface area contributed by atoms with Gasteiger partial charge in [0.2, 0.25) is 0 Å². The SMILES string of the molecule is c1ccc(-n2c3ccccc3c3cc(-c4nc(-c5cccc(-c6cccnc6)c5)nc5c4C(c4ccccc4)(c4ccccc4)c4ccccc4-5)ccc32)cc1. The van der Waals surface area contributed by atoms with Crippen molar-refractivity contribution >= 4 is 21.8 Å². The molecule has 1 aliphatic carbocycles. The van der Waals surface area contributed by atoms with Crippen LogP contribution in [0.4, 0.5) is 0 Å². The normalized spacial score (nSPS) is 12.8. The molecule has 262 valence electrons. The van der Waals surface area contributed by atoms with E-state index in [0.717, 1.165) is 56.0 Å². The molecule has 0 bridgehead atoms. The Bertz CT molecular complexity index is 3020. The van der Waals surface area contributed by atoms with E-state index in [-0.39, 0.29) is 0 Å². The Kier molecular flexibility index (Phi) is 7.36. The van der Waals surface area contributed by atoms with Gasteiger partial charge in [0.25, 0.3) is 0 Å². The fourth-order valence-electron chi connectivity index (χ4n) is 8.99. The molecule has 0 saturated carbocycles. The molecule has 0 amide bonds. The first-order chi connectivity index (χ1) is 27.8. The van der Waals surface area contributed by atoms with Crippen LogP contribution in [0.1, 0.15) is 22.3 Å². The lowest BCUT2D eigenvalue weighted by molar-refractivity contribution is 0.763. The lowest BCUT2D eigenvalue weighted by Gasteiger charge is -2.34. The van der Waals surface area contributed by atoms with Crippen molar-refractivity contribution in [3.05, 3.63) is 229 Å². The second-order valence-electron chi connectivity index (χ2n) is 14.4. The molecule has 0 radical (unpaired) electrons. The van der Waals surface area contributed by atoms with Gasteiger partial charge < -0.3 is 4.57 Å². The molecule has 1 aliphatic rings. The van der Waals surface area contributed by atoms with Crippen LogP contribution in [-0.4, -0.2) is 19.5 Å². The van der Waals surface area contributed by atoms with Gasteiger partial charge in [-0.1, -0.05) is 152 Å². The van der Waals surface area contributed by atoms with E-state index in [9.17, 15) is 0 Å². The molecule has 0 saturated heterocycles. The summed E-state index contributed by atoms with van der Waals surface area (Å²) in [5.74, 6) is 0.683. The molecule has 7 aromatic carbocycles. The van der Waals surface area contributed by atoms with Gasteiger partial charge in [0, 0.05) is 56.7 Å². The average molecular weight is 715 g/mol. The molecule has 56 heavy (non-hydrogen) atoms. The lowest BCUT2D eigenvalue weighted by Crippen LogP contribution is -2.29. The standard InChI is InChI=1S/C52H34N4/c1-4-19-39(20-5-1)52(40-21-6-2-7-22-40)45-27-12-10-26-43(45)50-48(52)49(54-51(55-50)37-17-14-16-35(32-37)38-18-15-31-53-34-38)36-29-30-47-44(33-36)42-25-11-13-28-46(42)56(47)41-23-8-3-9-24-41/h1-34H. The second-order valence-corrected chi connectivity index (χ2v) is 14.4. The molecule has 0 aliphatic heterocycles. The third-order valence-electron chi connectivity index (χ3n) is 11.4. The summed E-state index contributed by atoms with van der Waals surface area (Å²) >= 11 is 0. The molecule has 0 N–H and O–H groups in total. The van der Waals surface area contributed by atoms with Crippen LogP contribution in [-0.2, 0) is 5.41 Å². The zero-order chi connectivity index (χ0) is 37.1. The monoisotopic (exact) mass is 714 g/mol. The highest BCUT2D eigenvalue weighted by molar-refractivity contribution is 6.10. The van der Waals surface area contributed by atoms with Gasteiger partial charge in [-0.15, -0.1) is 0 Å². The highest BCUT2D eigenvalue weighted by atomic mass is 15.0. The number of benzene rings is 7. The molecular weight excluding hydrogens is 681 g/mol. The molecule has 11 rings (SSSR count). The first-order valence-corrected chi connectivity index (χ1v) is 19.0. The number of pyridine rings is 1. The van der Waals surface area contributed by atoms with Crippen LogP contribution in [0.2, 0.25) is 0 Å². The quantitative estimate of drug-likeness (QED) is 0.172. The zero-order valence-electron chi connectivity index (χ0n) is 30.4. The van der Waals surface area contributed by atoms with Gasteiger partial charge in [-0.3, -0.25) is 4.98 Å². The summed E-state index contributed by atoms with van der Waals surface area (Å²) in [6, 6.07) is 69.3. The molecule has 0 fully saturated rings. The minimum absolute atomic E-state index is 0.674. The van der Waals surface area contributed by atoms with Crippen LogP contribution in [0, 0.1) is 0 Å². The van der Waals surface area contributed by atoms with Crippen molar-refractivity contribution in [2.75, 3.05) is 0 Å². The van der Waals surface area contributed by atoms with Gasteiger partial charge in [-0.25, -0.2) is 9.97 Å². The Morgan fingerprint density at radius 2 is 1.07 bits per heavy atom.